The molecule has 0 saturated carbocycles. The largest absolute Gasteiger partial charge is 0.352 e. The van der Waals surface area contributed by atoms with Crippen molar-refractivity contribution in [3.05, 3.63) is 32.0 Å². The molecule has 0 aliphatic rings. The van der Waals surface area contributed by atoms with Gasteiger partial charge in [-0.15, -0.1) is 0 Å². The molecule has 1 aromatic rings. The van der Waals surface area contributed by atoms with Gasteiger partial charge < -0.3 is 9.47 Å². The van der Waals surface area contributed by atoms with Crippen molar-refractivity contribution in [1.82, 2.24) is 0 Å². The number of rotatable bonds is 4. The Kier molecular flexibility index (Phi) is 5.37. The van der Waals surface area contributed by atoms with Crippen LogP contribution in [0.1, 0.15) is 24.3 Å². The molecular weight excluding hydrogens is 343 g/mol. The quantitative estimate of drug-likeness (QED) is 0.748. The van der Waals surface area contributed by atoms with Crippen LogP contribution < -0.4 is 0 Å². The van der Waals surface area contributed by atoms with Crippen LogP contribution in [-0.2, 0) is 9.47 Å². The highest BCUT2D eigenvalue weighted by Crippen LogP contribution is 2.36. The Bertz CT molecular complexity index is 383. The highest BCUT2D eigenvalue weighted by Gasteiger charge is 2.20. The zero-order chi connectivity index (χ0) is 12.3. The zero-order valence-electron chi connectivity index (χ0n) is 9.31. The summed E-state index contributed by atoms with van der Waals surface area (Å²) in [6, 6.07) is 1.42. The fraction of sp³-hybridized carbons (Fsp3) is 0.455. The molecule has 0 aromatic heterocycles. The molecule has 0 radical (unpaired) electrons. The van der Waals surface area contributed by atoms with Crippen molar-refractivity contribution in [1.29, 1.82) is 0 Å². The van der Waals surface area contributed by atoms with Gasteiger partial charge >= 0.3 is 0 Å². The van der Waals surface area contributed by atoms with E-state index in [0.717, 1.165) is 5.56 Å². The minimum atomic E-state index is -0.506. The predicted octanol–water partition coefficient (Wildman–Crippen LogP) is 4.34. The Balaban J connectivity index is 3.26. The summed E-state index contributed by atoms with van der Waals surface area (Å²) in [6.07, 6.45) is -0.506. The van der Waals surface area contributed by atoms with Gasteiger partial charge in [-0.3, -0.25) is 0 Å². The van der Waals surface area contributed by atoms with E-state index in [1.165, 1.54) is 6.07 Å². The van der Waals surface area contributed by atoms with Gasteiger partial charge in [0.2, 0.25) is 0 Å². The lowest BCUT2D eigenvalue weighted by atomic mass is 10.1. The number of methoxy groups -OCH3 is 1. The van der Waals surface area contributed by atoms with Gasteiger partial charge in [-0.1, -0.05) is 15.9 Å². The zero-order valence-corrected chi connectivity index (χ0v) is 12.5. The smallest absolute Gasteiger partial charge is 0.185 e. The summed E-state index contributed by atoms with van der Waals surface area (Å²) in [5.41, 5.74) is 1.31. The maximum Gasteiger partial charge on any atom is 0.185 e. The number of halogens is 3. The SMILES string of the molecule is CCOC(OC)c1c(Br)cc(F)c(C)c1Br. The van der Waals surface area contributed by atoms with Crippen molar-refractivity contribution < 1.29 is 13.9 Å². The van der Waals surface area contributed by atoms with Crippen LogP contribution in [0.4, 0.5) is 4.39 Å². The summed E-state index contributed by atoms with van der Waals surface area (Å²) in [7, 11) is 1.55. The average molecular weight is 356 g/mol. The van der Waals surface area contributed by atoms with E-state index in [2.05, 4.69) is 31.9 Å². The van der Waals surface area contributed by atoms with Crippen molar-refractivity contribution in [2.45, 2.75) is 20.1 Å². The van der Waals surface area contributed by atoms with Crippen LogP contribution in [0.5, 0.6) is 0 Å². The monoisotopic (exact) mass is 354 g/mol. The molecule has 1 unspecified atom stereocenters. The summed E-state index contributed by atoms with van der Waals surface area (Å²) in [6.45, 7) is 4.10. The van der Waals surface area contributed by atoms with Gasteiger partial charge in [-0.25, -0.2) is 4.39 Å². The van der Waals surface area contributed by atoms with Gasteiger partial charge in [0.05, 0.1) is 0 Å². The van der Waals surface area contributed by atoms with Gasteiger partial charge in [-0.2, -0.15) is 0 Å². The Labute approximate surface area is 111 Å². The minimum Gasteiger partial charge on any atom is -0.352 e. The molecule has 0 aliphatic carbocycles. The van der Waals surface area contributed by atoms with Crippen LogP contribution in [0.2, 0.25) is 0 Å². The highest BCUT2D eigenvalue weighted by molar-refractivity contribution is 9.11. The molecular formula is C11H13Br2FO2. The van der Waals surface area contributed by atoms with Gasteiger partial charge in [-0.05, 0) is 41.4 Å². The van der Waals surface area contributed by atoms with Crippen molar-refractivity contribution in [3.63, 3.8) is 0 Å². The van der Waals surface area contributed by atoms with E-state index in [9.17, 15) is 4.39 Å². The molecule has 0 aliphatic heterocycles. The van der Waals surface area contributed by atoms with Crippen LogP contribution in [0.15, 0.2) is 15.0 Å². The second-order valence-electron chi connectivity index (χ2n) is 3.22. The molecule has 90 valence electrons. The van der Waals surface area contributed by atoms with Gasteiger partial charge in [0.25, 0.3) is 0 Å². The number of hydrogen-bond donors (Lipinski definition) is 0. The summed E-state index contributed by atoms with van der Waals surface area (Å²) in [5, 5.41) is 0. The van der Waals surface area contributed by atoms with Crippen molar-refractivity contribution in [3.8, 4) is 0 Å². The maximum absolute atomic E-state index is 13.4. The minimum absolute atomic E-state index is 0.270. The molecule has 1 atom stereocenters. The van der Waals surface area contributed by atoms with E-state index in [1.807, 2.05) is 6.92 Å². The Morgan fingerprint density at radius 2 is 2.06 bits per heavy atom. The molecule has 0 spiro atoms. The average Bonchev–Trinajstić information content (AvgIpc) is 2.25. The topological polar surface area (TPSA) is 18.5 Å². The van der Waals surface area contributed by atoms with E-state index in [-0.39, 0.29) is 5.82 Å². The second-order valence-corrected chi connectivity index (χ2v) is 4.86. The summed E-state index contributed by atoms with van der Waals surface area (Å²) >= 11 is 6.68. The van der Waals surface area contributed by atoms with E-state index in [0.29, 0.717) is 21.1 Å². The molecule has 0 amide bonds. The fourth-order valence-electron chi connectivity index (χ4n) is 1.35. The van der Waals surface area contributed by atoms with Crippen LogP contribution in [0.3, 0.4) is 0 Å². The summed E-state index contributed by atoms with van der Waals surface area (Å²) in [5.74, 6) is -0.270. The molecule has 0 heterocycles. The van der Waals surface area contributed by atoms with E-state index >= 15 is 0 Å². The van der Waals surface area contributed by atoms with Gasteiger partial charge in [0.1, 0.15) is 5.82 Å². The first kappa shape index (κ1) is 14.1. The van der Waals surface area contributed by atoms with Gasteiger partial charge in [0, 0.05) is 28.2 Å². The Morgan fingerprint density at radius 1 is 1.44 bits per heavy atom. The molecule has 2 nitrogen and oxygen atoms in total. The normalized spacial score (nSPS) is 12.9. The molecule has 5 heteroatoms. The molecule has 0 saturated heterocycles. The Hall–Kier alpha value is 0.0300. The first-order valence-electron chi connectivity index (χ1n) is 4.81. The van der Waals surface area contributed by atoms with Crippen LogP contribution in [0, 0.1) is 12.7 Å². The Morgan fingerprint density at radius 3 is 2.56 bits per heavy atom. The van der Waals surface area contributed by atoms with E-state index in [1.54, 1.807) is 14.0 Å². The second kappa shape index (κ2) is 6.10. The number of hydrogen-bond acceptors (Lipinski definition) is 2. The third-order valence-electron chi connectivity index (χ3n) is 2.20. The summed E-state index contributed by atoms with van der Waals surface area (Å²) in [4.78, 5) is 0. The molecule has 16 heavy (non-hydrogen) atoms. The fourth-order valence-corrected chi connectivity index (χ4v) is 2.79. The first-order valence-corrected chi connectivity index (χ1v) is 6.39. The molecule has 0 bridgehead atoms. The number of ether oxygens (including phenoxy) is 2. The maximum atomic E-state index is 13.4. The summed E-state index contributed by atoms with van der Waals surface area (Å²) < 4.78 is 25.4. The van der Waals surface area contributed by atoms with Crippen LogP contribution >= 0.6 is 31.9 Å². The van der Waals surface area contributed by atoms with E-state index in [4.69, 9.17) is 9.47 Å². The third kappa shape index (κ3) is 2.83. The predicted molar refractivity (Wildman–Crippen MR) is 67.9 cm³/mol. The highest BCUT2D eigenvalue weighted by atomic mass is 79.9. The lowest BCUT2D eigenvalue weighted by molar-refractivity contribution is -0.124. The lowest BCUT2D eigenvalue weighted by Crippen LogP contribution is -2.09. The van der Waals surface area contributed by atoms with E-state index < -0.39 is 6.29 Å². The number of benzene rings is 1. The lowest BCUT2D eigenvalue weighted by Gasteiger charge is -2.20. The molecule has 0 fully saturated rings. The van der Waals surface area contributed by atoms with Crippen LogP contribution in [-0.4, -0.2) is 13.7 Å². The third-order valence-corrected chi connectivity index (χ3v) is 3.88. The van der Waals surface area contributed by atoms with Crippen molar-refractivity contribution in [2.75, 3.05) is 13.7 Å². The van der Waals surface area contributed by atoms with Crippen LogP contribution in [0.25, 0.3) is 0 Å². The standard InChI is InChI=1S/C11H13Br2FO2/c1-4-16-11(15-3)9-7(12)5-8(14)6(2)10(9)13/h5,11H,4H2,1-3H3. The van der Waals surface area contributed by atoms with Crippen molar-refractivity contribution in [2.24, 2.45) is 0 Å². The molecule has 0 N–H and O–H groups in total. The first-order chi connectivity index (χ1) is 7.52. The van der Waals surface area contributed by atoms with Crippen molar-refractivity contribution >= 4 is 31.9 Å². The molecule has 1 rings (SSSR count). The molecule has 1 aromatic carbocycles. The van der Waals surface area contributed by atoms with Gasteiger partial charge in [0.15, 0.2) is 6.29 Å².